The Balaban J connectivity index is 1.63. The highest BCUT2D eigenvalue weighted by atomic mass is 32.2. The molecule has 2 heterocycles. The van der Waals surface area contributed by atoms with Crippen LogP contribution in [-0.4, -0.2) is 26.4 Å². The summed E-state index contributed by atoms with van der Waals surface area (Å²) < 4.78 is 23.0. The van der Waals surface area contributed by atoms with Gasteiger partial charge >= 0.3 is 0 Å². The Morgan fingerprint density at radius 2 is 1.78 bits per heavy atom. The van der Waals surface area contributed by atoms with Crippen molar-refractivity contribution in [3.05, 3.63) is 70.8 Å². The molecule has 1 saturated carbocycles. The topological polar surface area (TPSA) is 91.3 Å². The molecule has 0 saturated heterocycles. The number of aromatic nitrogens is 2. The largest absolute Gasteiger partial charge is 0.490 e. The first kappa shape index (κ1) is 25.1. The van der Waals surface area contributed by atoms with Gasteiger partial charge < -0.3 is 20.4 Å². The quantitative estimate of drug-likeness (QED) is 0.317. The minimum absolute atomic E-state index is 0.214. The molecule has 5 rings (SSSR count). The van der Waals surface area contributed by atoms with E-state index < -0.39 is 11.0 Å². The van der Waals surface area contributed by atoms with Crippen LogP contribution in [0.3, 0.4) is 0 Å². The number of nitrogens with one attached hydrogen (secondary N) is 1. The summed E-state index contributed by atoms with van der Waals surface area (Å²) >= 11 is 0. The Bertz CT molecular complexity index is 1520. The van der Waals surface area contributed by atoms with Crippen molar-refractivity contribution in [1.82, 2.24) is 8.54 Å². The highest BCUT2D eigenvalue weighted by Gasteiger charge is 2.22. The maximum Gasteiger partial charge on any atom is 0.275 e. The van der Waals surface area contributed by atoms with E-state index in [4.69, 9.17) is 10.5 Å². The van der Waals surface area contributed by atoms with E-state index in [2.05, 4.69) is 5.32 Å². The lowest BCUT2D eigenvalue weighted by atomic mass is 9.90. The summed E-state index contributed by atoms with van der Waals surface area (Å²) in [6.07, 6.45) is 9.62. The van der Waals surface area contributed by atoms with Crippen LogP contribution in [-0.2, 0) is 18.0 Å². The molecular weight excluding hydrogens is 484 g/mol. The molecule has 3 N–H and O–H groups in total. The van der Waals surface area contributed by atoms with Gasteiger partial charge in [-0.2, -0.15) is 0 Å². The Kier molecular flexibility index (Phi) is 7.11. The van der Waals surface area contributed by atoms with Crippen LogP contribution in [0.2, 0.25) is 0 Å². The summed E-state index contributed by atoms with van der Waals surface area (Å²) in [5, 5.41) is 3.86. The van der Waals surface area contributed by atoms with Crippen LogP contribution in [0.15, 0.2) is 64.5 Å². The lowest BCUT2D eigenvalue weighted by Crippen LogP contribution is -2.20. The average molecular weight is 519 g/mol. The van der Waals surface area contributed by atoms with E-state index in [0.29, 0.717) is 39.8 Å². The van der Waals surface area contributed by atoms with Crippen LogP contribution in [0.4, 0.5) is 11.4 Å². The molecule has 1 fully saturated rings. The number of pyridine rings is 1. The molecule has 1 unspecified atom stereocenters. The SMILES string of the molecule is CNc1ccc(-c2cn(C)c(=O)c3c2ccn3S(=O)c2ccc(C)cc2)c(OCC2CCCCC2)c1N. The van der Waals surface area contributed by atoms with Crippen LogP contribution in [0, 0.1) is 12.8 Å². The van der Waals surface area contributed by atoms with Crippen molar-refractivity contribution in [2.24, 2.45) is 13.0 Å². The van der Waals surface area contributed by atoms with Gasteiger partial charge in [0.15, 0.2) is 16.7 Å². The van der Waals surface area contributed by atoms with E-state index in [1.165, 1.54) is 36.7 Å². The van der Waals surface area contributed by atoms with Gasteiger partial charge in [-0.15, -0.1) is 0 Å². The fraction of sp³-hybridized carbons (Fsp3) is 0.345. The average Bonchev–Trinajstić information content (AvgIpc) is 3.36. The number of nitrogen functional groups attached to an aromatic ring is 1. The zero-order valence-electron chi connectivity index (χ0n) is 21.6. The first-order valence-electron chi connectivity index (χ1n) is 12.8. The minimum Gasteiger partial charge on any atom is -0.490 e. The van der Waals surface area contributed by atoms with Crippen molar-refractivity contribution in [2.75, 3.05) is 24.7 Å². The first-order chi connectivity index (χ1) is 17.9. The molecule has 0 spiro atoms. The molecule has 194 valence electrons. The van der Waals surface area contributed by atoms with Crippen LogP contribution in [0.25, 0.3) is 22.0 Å². The highest BCUT2D eigenvalue weighted by molar-refractivity contribution is 7.83. The number of aryl methyl sites for hydroxylation is 2. The molecule has 0 aliphatic heterocycles. The number of ether oxygens (including phenoxy) is 1. The molecule has 0 radical (unpaired) electrons. The molecule has 2 aromatic carbocycles. The van der Waals surface area contributed by atoms with Crippen LogP contribution in [0.5, 0.6) is 5.75 Å². The van der Waals surface area contributed by atoms with Gasteiger partial charge in [0.2, 0.25) is 0 Å². The fourth-order valence-corrected chi connectivity index (χ4v) is 6.30. The highest BCUT2D eigenvalue weighted by Crippen LogP contribution is 2.42. The van der Waals surface area contributed by atoms with E-state index in [0.717, 1.165) is 22.4 Å². The number of nitrogens with zero attached hydrogens (tertiary/aromatic N) is 2. The second-order valence-corrected chi connectivity index (χ2v) is 11.3. The van der Waals surface area contributed by atoms with Gasteiger partial charge in [0.1, 0.15) is 5.52 Å². The van der Waals surface area contributed by atoms with Crippen molar-refractivity contribution in [1.29, 1.82) is 0 Å². The maximum atomic E-state index is 13.5. The van der Waals surface area contributed by atoms with Crippen LogP contribution in [0.1, 0.15) is 37.7 Å². The second kappa shape index (κ2) is 10.5. The molecule has 37 heavy (non-hydrogen) atoms. The lowest BCUT2D eigenvalue weighted by Gasteiger charge is -2.24. The Morgan fingerprint density at radius 3 is 2.49 bits per heavy atom. The number of hydrogen-bond donors (Lipinski definition) is 2. The lowest BCUT2D eigenvalue weighted by molar-refractivity contribution is 0.210. The minimum atomic E-state index is -1.57. The molecule has 7 nitrogen and oxygen atoms in total. The number of nitrogens with two attached hydrogens (primary N) is 1. The Morgan fingerprint density at radius 1 is 1.05 bits per heavy atom. The van der Waals surface area contributed by atoms with Crippen molar-refractivity contribution in [2.45, 2.75) is 43.9 Å². The van der Waals surface area contributed by atoms with Gasteiger partial charge in [-0.1, -0.05) is 37.0 Å². The molecule has 0 bridgehead atoms. The zero-order valence-corrected chi connectivity index (χ0v) is 22.4. The fourth-order valence-electron chi connectivity index (χ4n) is 5.19. The molecule has 8 heteroatoms. The van der Waals surface area contributed by atoms with E-state index in [9.17, 15) is 9.00 Å². The second-order valence-electron chi connectivity index (χ2n) is 9.89. The summed E-state index contributed by atoms with van der Waals surface area (Å²) in [5.41, 5.74) is 10.8. The molecule has 0 amide bonds. The van der Waals surface area contributed by atoms with Gasteiger partial charge in [0, 0.05) is 43.0 Å². The van der Waals surface area contributed by atoms with Crippen LogP contribution < -0.4 is 21.3 Å². The van der Waals surface area contributed by atoms with Gasteiger partial charge in [-0.3, -0.25) is 8.77 Å². The van der Waals surface area contributed by atoms with E-state index in [-0.39, 0.29) is 5.56 Å². The van der Waals surface area contributed by atoms with E-state index in [1.54, 1.807) is 17.2 Å². The van der Waals surface area contributed by atoms with E-state index >= 15 is 0 Å². The third-order valence-electron chi connectivity index (χ3n) is 7.33. The molecule has 4 aromatic rings. The molecule has 1 aliphatic carbocycles. The van der Waals surface area contributed by atoms with Crippen molar-refractivity contribution in [3.63, 3.8) is 0 Å². The van der Waals surface area contributed by atoms with E-state index in [1.807, 2.05) is 62.6 Å². The third-order valence-corrected chi connectivity index (χ3v) is 8.67. The summed E-state index contributed by atoms with van der Waals surface area (Å²) in [5.74, 6) is 1.13. The predicted octanol–water partition coefficient (Wildman–Crippen LogP) is 5.47. The summed E-state index contributed by atoms with van der Waals surface area (Å²) in [6.45, 7) is 2.59. The van der Waals surface area contributed by atoms with Gasteiger partial charge in [-0.25, -0.2) is 4.21 Å². The van der Waals surface area contributed by atoms with Crippen molar-refractivity contribution in [3.8, 4) is 16.9 Å². The summed E-state index contributed by atoms with van der Waals surface area (Å²) in [6, 6.07) is 13.3. The predicted molar refractivity (Wildman–Crippen MR) is 152 cm³/mol. The molecule has 1 atom stereocenters. The smallest absolute Gasteiger partial charge is 0.275 e. The number of benzene rings is 2. The standard InChI is InChI=1S/C29H34N4O3S/c1-19-9-11-21(12-10-19)37(35)33-16-15-22-24(17-32(3)29(34)27(22)33)23-13-14-25(31-2)26(30)28(23)36-18-20-7-5-4-6-8-20/h9-17,20,31H,4-8,18,30H2,1-3H3. The summed E-state index contributed by atoms with van der Waals surface area (Å²) in [7, 11) is 1.98. The summed E-state index contributed by atoms with van der Waals surface area (Å²) in [4.78, 5) is 13.9. The van der Waals surface area contributed by atoms with Crippen molar-refractivity contribution < 1.29 is 8.95 Å². The van der Waals surface area contributed by atoms with Gasteiger partial charge in [-0.05, 0) is 56.0 Å². The van der Waals surface area contributed by atoms with Gasteiger partial charge in [0.25, 0.3) is 5.56 Å². The molecule has 1 aliphatic rings. The number of fused-ring (bicyclic) bond motifs is 1. The van der Waals surface area contributed by atoms with Gasteiger partial charge in [0.05, 0.1) is 22.9 Å². The zero-order chi connectivity index (χ0) is 26.1. The molecular formula is C29H34N4O3S. The van der Waals surface area contributed by atoms with Crippen molar-refractivity contribution >= 4 is 33.3 Å². The normalized spacial score (nSPS) is 15.1. The molecule has 2 aromatic heterocycles. The number of rotatable bonds is 7. The maximum absolute atomic E-state index is 13.5. The monoisotopic (exact) mass is 518 g/mol. The Labute approximate surface area is 219 Å². The first-order valence-corrected chi connectivity index (χ1v) is 13.9. The number of hydrogen-bond acceptors (Lipinski definition) is 5. The van der Waals surface area contributed by atoms with Crippen LogP contribution >= 0.6 is 0 Å². The Hall–Kier alpha value is -3.52. The number of anilines is 2. The third kappa shape index (κ3) is 4.78.